The van der Waals surface area contributed by atoms with Crippen molar-refractivity contribution in [3.63, 3.8) is 0 Å². The van der Waals surface area contributed by atoms with Gasteiger partial charge in [0, 0.05) is 31.8 Å². The van der Waals surface area contributed by atoms with Crippen LogP contribution in [0.5, 0.6) is 11.5 Å². The average molecular weight is 696 g/mol. The molecule has 0 aliphatic carbocycles. The van der Waals surface area contributed by atoms with Gasteiger partial charge >= 0.3 is 0 Å². The van der Waals surface area contributed by atoms with Crippen LogP contribution >= 0.6 is 31.1 Å². The Labute approximate surface area is 293 Å². The molecule has 0 unspecified atom stereocenters. The largest absolute Gasteiger partial charge is 0.467 e. The smallest absolute Gasteiger partial charge is 0.189 e. The molecule has 0 heterocycles. The summed E-state index contributed by atoms with van der Waals surface area (Å²) >= 11 is 13.8. The maximum absolute atomic E-state index is 6.92. The molecule has 4 nitrogen and oxygen atoms in total. The summed E-state index contributed by atoms with van der Waals surface area (Å²) in [6.07, 6.45) is 2.99. The van der Waals surface area contributed by atoms with E-state index in [0.29, 0.717) is 23.3 Å². The van der Waals surface area contributed by atoms with Crippen LogP contribution in [0.15, 0.2) is 84.9 Å². The first kappa shape index (κ1) is 37.2. The summed E-state index contributed by atoms with van der Waals surface area (Å²) in [5.41, 5.74) is 3.82. The average Bonchev–Trinajstić information content (AvgIpc) is 3.02. The monoisotopic (exact) mass is 694 g/mol. The van der Waals surface area contributed by atoms with Crippen LogP contribution in [0.3, 0.4) is 0 Å². The van der Waals surface area contributed by atoms with Crippen LogP contribution in [0.2, 0.25) is 10.0 Å². The second kappa shape index (κ2) is 17.2. The molecular weight excluding hydrogens is 646 g/mol. The molecule has 0 saturated carbocycles. The Bertz CT molecular complexity index is 1450. The van der Waals surface area contributed by atoms with E-state index in [-0.39, 0.29) is 24.4 Å². The van der Waals surface area contributed by atoms with Gasteiger partial charge in [-0.25, -0.2) is 0 Å². The Balaban J connectivity index is 1.78. The van der Waals surface area contributed by atoms with E-state index in [1.807, 2.05) is 48.5 Å². The molecule has 0 aliphatic rings. The normalized spacial score (nSPS) is 12.0. The lowest BCUT2D eigenvalue weighted by Crippen LogP contribution is -2.26. The van der Waals surface area contributed by atoms with Gasteiger partial charge in [0.2, 0.25) is 0 Å². The van der Waals surface area contributed by atoms with Crippen molar-refractivity contribution in [2.75, 3.05) is 19.7 Å². The SMILES string of the molecule is CCCCP(c1cc(Cl)cc(C(C)(C)C)c1OCOCc1ccccc1)c1cc(Cl)cc(C(C)(C)C)c1OCOCc1ccccc1. The van der Waals surface area contributed by atoms with Gasteiger partial charge in [-0.15, -0.1) is 0 Å². The summed E-state index contributed by atoms with van der Waals surface area (Å²) in [5.74, 6) is 1.64. The zero-order chi connectivity index (χ0) is 34.0. The topological polar surface area (TPSA) is 36.9 Å². The van der Waals surface area contributed by atoms with Crippen molar-refractivity contribution in [3.05, 3.63) is 117 Å². The highest BCUT2D eigenvalue weighted by Gasteiger charge is 2.31. The predicted octanol–water partition coefficient (Wildman–Crippen LogP) is 10.9. The second-order valence-corrected chi connectivity index (χ2v) is 16.9. The van der Waals surface area contributed by atoms with Gasteiger partial charge in [0.15, 0.2) is 13.6 Å². The molecule has 0 atom stereocenters. The van der Waals surface area contributed by atoms with E-state index in [9.17, 15) is 0 Å². The molecule has 0 amide bonds. The molecule has 0 spiro atoms. The Kier molecular flexibility index (Phi) is 13.6. The predicted molar refractivity (Wildman–Crippen MR) is 200 cm³/mol. The molecule has 0 N–H and O–H groups in total. The molecule has 252 valence electrons. The van der Waals surface area contributed by atoms with Crippen molar-refractivity contribution in [1.29, 1.82) is 0 Å². The Morgan fingerprint density at radius 2 is 1.00 bits per heavy atom. The molecule has 7 heteroatoms. The summed E-state index contributed by atoms with van der Waals surface area (Å²) in [6.45, 7) is 16.5. The van der Waals surface area contributed by atoms with Gasteiger partial charge in [-0.1, -0.05) is 139 Å². The molecule has 0 aliphatic heterocycles. The maximum atomic E-state index is 6.92. The molecular formula is C40H49Cl2O4P. The van der Waals surface area contributed by atoms with Gasteiger partial charge in [0.25, 0.3) is 0 Å². The van der Waals surface area contributed by atoms with Gasteiger partial charge in [-0.2, -0.15) is 0 Å². The summed E-state index contributed by atoms with van der Waals surface area (Å²) in [5, 5.41) is 3.48. The first-order valence-electron chi connectivity index (χ1n) is 16.3. The molecule has 0 fully saturated rings. The van der Waals surface area contributed by atoms with Crippen molar-refractivity contribution in [1.82, 2.24) is 0 Å². The molecule has 0 aromatic heterocycles. The van der Waals surface area contributed by atoms with E-state index in [1.165, 1.54) is 0 Å². The van der Waals surface area contributed by atoms with Gasteiger partial charge < -0.3 is 18.9 Å². The fourth-order valence-electron chi connectivity index (χ4n) is 5.33. The van der Waals surface area contributed by atoms with Gasteiger partial charge in [0.05, 0.1) is 13.2 Å². The van der Waals surface area contributed by atoms with Crippen LogP contribution in [0.4, 0.5) is 0 Å². The number of hydrogen-bond donors (Lipinski definition) is 0. The zero-order valence-corrected chi connectivity index (χ0v) is 31.3. The van der Waals surface area contributed by atoms with Crippen molar-refractivity contribution in [2.24, 2.45) is 0 Å². The van der Waals surface area contributed by atoms with E-state index in [1.54, 1.807) is 0 Å². The minimum absolute atomic E-state index is 0.114. The van der Waals surface area contributed by atoms with Crippen molar-refractivity contribution in [3.8, 4) is 11.5 Å². The minimum atomic E-state index is -1.02. The number of hydrogen-bond acceptors (Lipinski definition) is 4. The molecule has 0 bridgehead atoms. The van der Waals surface area contributed by atoms with E-state index in [0.717, 1.165) is 63.4 Å². The van der Waals surface area contributed by atoms with Crippen molar-refractivity contribution in [2.45, 2.75) is 85.4 Å². The lowest BCUT2D eigenvalue weighted by molar-refractivity contribution is 0.00472. The van der Waals surface area contributed by atoms with Crippen molar-refractivity contribution < 1.29 is 18.9 Å². The first-order chi connectivity index (χ1) is 22.4. The fraction of sp³-hybridized carbons (Fsp3) is 0.400. The van der Waals surface area contributed by atoms with Crippen LogP contribution in [0, 0.1) is 0 Å². The third-order valence-corrected chi connectivity index (χ3v) is 10.8. The Hall–Kier alpha value is -2.59. The maximum Gasteiger partial charge on any atom is 0.189 e. The van der Waals surface area contributed by atoms with E-state index in [2.05, 4.69) is 84.9 Å². The standard InChI is InChI=1S/C40H49Cl2O4P/c1-8-9-20-47(35-23-31(41)21-33(39(2,3)4)37(35)45-27-43-25-29-16-12-10-13-17-29)36-24-32(42)22-34(40(5,6)7)38(36)46-28-44-26-30-18-14-11-15-19-30/h10-19,21-24H,8-9,20,25-28H2,1-7H3. The highest BCUT2D eigenvalue weighted by Crippen LogP contribution is 2.47. The summed E-state index contributed by atoms with van der Waals surface area (Å²) in [4.78, 5) is 0. The molecule has 4 rings (SSSR count). The number of benzene rings is 4. The van der Waals surface area contributed by atoms with E-state index in [4.69, 9.17) is 42.1 Å². The molecule has 0 saturated heterocycles. The third-order valence-electron chi connectivity index (χ3n) is 7.80. The van der Waals surface area contributed by atoms with Crippen LogP contribution < -0.4 is 20.1 Å². The lowest BCUT2D eigenvalue weighted by atomic mass is 9.86. The molecule has 0 radical (unpaired) electrons. The zero-order valence-electron chi connectivity index (χ0n) is 28.9. The summed E-state index contributed by atoms with van der Waals surface area (Å²) in [7, 11) is -1.02. The third kappa shape index (κ3) is 10.7. The molecule has 47 heavy (non-hydrogen) atoms. The highest BCUT2D eigenvalue weighted by atomic mass is 35.5. The first-order valence-corrected chi connectivity index (χ1v) is 18.6. The number of rotatable bonds is 15. The van der Waals surface area contributed by atoms with E-state index >= 15 is 0 Å². The highest BCUT2D eigenvalue weighted by molar-refractivity contribution is 7.73. The Morgan fingerprint density at radius 1 is 0.596 bits per heavy atom. The lowest BCUT2D eigenvalue weighted by Gasteiger charge is -2.31. The fourth-order valence-corrected chi connectivity index (χ4v) is 8.75. The van der Waals surface area contributed by atoms with E-state index < -0.39 is 7.92 Å². The minimum Gasteiger partial charge on any atom is -0.467 e. The Morgan fingerprint density at radius 3 is 1.36 bits per heavy atom. The number of ether oxygens (including phenoxy) is 4. The van der Waals surface area contributed by atoms with Crippen LogP contribution in [0.1, 0.15) is 83.6 Å². The van der Waals surface area contributed by atoms with Crippen LogP contribution in [0.25, 0.3) is 0 Å². The van der Waals surface area contributed by atoms with Gasteiger partial charge in [-0.05, 0) is 66.7 Å². The van der Waals surface area contributed by atoms with Crippen LogP contribution in [-0.2, 0) is 33.5 Å². The molecule has 4 aromatic carbocycles. The van der Waals surface area contributed by atoms with Gasteiger partial charge in [0.1, 0.15) is 11.5 Å². The quantitative estimate of drug-likeness (QED) is 0.0705. The molecule has 4 aromatic rings. The number of halogens is 2. The van der Waals surface area contributed by atoms with Crippen LogP contribution in [-0.4, -0.2) is 19.7 Å². The van der Waals surface area contributed by atoms with Crippen molar-refractivity contribution >= 4 is 41.7 Å². The second-order valence-electron chi connectivity index (χ2n) is 13.8. The number of unbranched alkanes of at least 4 members (excludes halogenated alkanes) is 1. The van der Waals surface area contributed by atoms with Gasteiger partial charge in [-0.3, -0.25) is 0 Å². The summed E-state index contributed by atoms with van der Waals surface area (Å²) in [6, 6.07) is 28.4. The summed E-state index contributed by atoms with van der Waals surface area (Å²) < 4.78 is 25.3.